The molecular weight excluding hydrogens is 420 g/mol. The molecule has 1 aromatic heterocycles. The molecule has 8 nitrogen and oxygen atoms in total. The van der Waals surface area contributed by atoms with Gasteiger partial charge in [-0.25, -0.2) is 0 Å². The number of rotatable bonds is 7. The van der Waals surface area contributed by atoms with Crippen molar-refractivity contribution in [2.75, 3.05) is 19.5 Å². The molecule has 0 saturated carbocycles. The number of primary amides is 2. The van der Waals surface area contributed by atoms with Crippen molar-refractivity contribution in [3.8, 4) is 11.5 Å². The van der Waals surface area contributed by atoms with Gasteiger partial charge in [0, 0.05) is 23.5 Å². The average molecular weight is 444 g/mol. The molecule has 1 aliphatic rings. The lowest BCUT2D eigenvalue weighted by Crippen LogP contribution is -2.43. The van der Waals surface area contributed by atoms with Crippen molar-refractivity contribution in [2.45, 2.75) is 11.8 Å². The van der Waals surface area contributed by atoms with Crippen LogP contribution in [0.15, 0.2) is 60.8 Å². The molecule has 2 aromatic carbocycles. The van der Waals surface area contributed by atoms with Crippen LogP contribution in [0.5, 0.6) is 11.5 Å². The van der Waals surface area contributed by atoms with Gasteiger partial charge in [0.05, 0.1) is 36.6 Å². The van der Waals surface area contributed by atoms with Crippen molar-refractivity contribution in [1.82, 2.24) is 4.98 Å². The minimum Gasteiger partial charge on any atom is -0.497 e. The molecule has 0 radical (unpaired) electrons. The molecule has 1 unspecified atom stereocenters. The SMILES string of the molecule is COc1cccc(Nc2c(C(N)=O)cnc3c2CC(C(N)=O)(c2cccc(OC)c2)C=C3)c1. The number of benzene rings is 2. The van der Waals surface area contributed by atoms with Crippen molar-refractivity contribution in [3.05, 3.63) is 83.2 Å². The molecule has 0 fully saturated rings. The maximum atomic E-state index is 12.8. The number of carbonyl (C=O) groups excluding carboxylic acids is 2. The van der Waals surface area contributed by atoms with Crippen LogP contribution in [0, 0.1) is 0 Å². The molecule has 1 aliphatic carbocycles. The third kappa shape index (κ3) is 3.98. The summed E-state index contributed by atoms with van der Waals surface area (Å²) in [6, 6.07) is 14.5. The zero-order valence-electron chi connectivity index (χ0n) is 18.3. The maximum Gasteiger partial charge on any atom is 0.252 e. The normalized spacial score (nSPS) is 16.5. The first-order valence-corrected chi connectivity index (χ1v) is 10.2. The lowest BCUT2D eigenvalue weighted by Gasteiger charge is -2.33. The molecule has 1 heterocycles. The summed E-state index contributed by atoms with van der Waals surface area (Å²) in [5.41, 5.74) is 13.7. The molecule has 0 saturated heterocycles. The van der Waals surface area contributed by atoms with E-state index in [0.717, 1.165) is 0 Å². The van der Waals surface area contributed by atoms with E-state index in [-0.39, 0.29) is 12.0 Å². The summed E-state index contributed by atoms with van der Waals surface area (Å²) in [5.74, 6) is 0.0723. The summed E-state index contributed by atoms with van der Waals surface area (Å²) in [5, 5.41) is 3.28. The van der Waals surface area contributed by atoms with E-state index in [1.54, 1.807) is 50.6 Å². The van der Waals surface area contributed by atoms with Gasteiger partial charge in [-0.05, 0) is 42.3 Å². The van der Waals surface area contributed by atoms with Gasteiger partial charge in [-0.3, -0.25) is 14.6 Å². The second-order valence-corrected chi connectivity index (χ2v) is 7.71. The zero-order chi connectivity index (χ0) is 23.6. The topological polar surface area (TPSA) is 130 Å². The van der Waals surface area contributed by atoms with Crippen molar-refractivity contribution in [2.24, 2.45) is 11.5 Å². The average Bonchev–Trinajstić information content (AvgIpc) is 2.83. The van der Waals surface area contributed by atoms with Crippen LogP contribution in [-0.4, -0.2) is 31.0 Å². The van der Waals surface area contributed by atoms with Crippen LogP contribution < -0.4 is 26.3 Å². The summed E-state index contributed by atoms with van der Waals surface area (Å²) < 4.78 is 10.6. The lowest BCUT2D eigenvalue weighted by molar-refractivity contribution is -0.121. The number of fused-ring (bicyclic) bond motifs is 1. The van der Waals surface area contributed by atoms with Gasteiger partial charge < -0.3 is 26.3 Å². The Labute approximate surface area is 191 Å². The van der Waals surface area contributed by atoms with Crippen molar-refractivity contribution >= 4 is 29.3 Å². The number of anilines is 2. The summed E-state index contributed by atoms with van der Waals surface area (Å²) in [7, 11) is 3.13. The number of methoxy groups -OCH3 is 2. The van der Waals surface area contributed by atoms with E-state index in [1.807, 2.05) is 24.3 Å². The van der Waals surface area contributed by atoms with E-state index in [4.69, 9.17) is 20.9 Å². The van der Waals surface area contributed by atoms with E-state index in [1.165, 1.54) is 6.20 Å². The standard InChI is InChI=1S/C25H24N4O4/c1-32-17-7-3-5-15(11-17)25(24(27)31)10-9-21-19(13-25)22(20(14-28-21)23(26)30)29-16-6-4-8-18(12-16)33-2/h3-12,14H,13H2,1-2H3,(H2,26,30)(H2,27,31)(H,28,29). The third-order valence-corrected chi connectivity index (χ3v) is 5.82. The number of pyridine rings is 1. The van der Waals surface area contributed by atoms with Crippen LogP contribution in [0.1, 0.15) is 27.2 Å². The Morgan fingerprint density at radius 3 is 2.39 bits per heavy atom. The van der Waals surface area contributed by atoms with Gasteiger partial charge in [-0.2, -0.15) is 0 Å². The van der Waals surface area contributed by atoms with Gasteiger partial charge in [-0.15, -0.1) is 0 Å². The highest BCUT2D eigenvalue weighted by molar-refractivity contribution is 6.01. The number of nitrogens with one attached hydrogen (secondary N) is 1. The fourth-order valence-corrected chi connectivity index (χ4v) is 4.03. The minimum atomic E-state index is -1.16. The van der Waals surface area contributed by atoms with Crippen molar-refractivity contribution in [3.63, 3.8) is 0 Å². The van der Waals surface area contributed by atoms with E-state index in [0.29, 0.717) is 39.7 Å². The lowest BCUT2D eigenvalue weighted by atomic mass is 9.71. The quantitative estimate of drug-likeness (QED) is 0.514. The predicted molar refractivity (Wildman–Crippen MR) is 126 cm³/mol. The van der Waals surface area contributed by atoms with Crippen LogP contribution >= 0.6 is 0 Å². The van der Waals surface area contributed by atoms with Gasteiger partial charge in [0.25, 0.3) is 5.91 Å². The highest BCUT2D eigenvalue weighted by Gasteiger charge is 2.40. The molecule has 2 amide bonds. The fourth-order valence-electron chi connectivity index (χ4n) is 4.03. The Kier molecular flexibility index (Phi) is 5.74. The van der Waals surface area contributed by atoms with Gasteiger partial charge in [0.15, 0.2) is 0 Å². The first-order valence-electron chi connectivity index (χ1n) is 10.2. The Morgan fingerprint density at radius 1 is 1.03 bits per heavy atom. The predicted octanol–water partition coefficient (Wildman–Crippen LogP) is 2.93. The second kappa shape index (κ2) is 8.66. The molecule has 8 heteroatoms. The Hall–Kier alpha value is -4.33. The van der Waals surface area contributed by atoms with E-state index < -0.39 is 17.2 Å². The fraction of sp³-hybridized carbons (Fsp3) is 0.160. The molecule has 4 rings (SSSR count). The smallest absolute Gasteiger partial charge is 0.252 e. The summed E-state index contributed by atoms with van der Waals surface area (Å²) in [6.07, 6.45) is 5.10. The van der Waals surface area contributed by atoms with Crippen LogP contribution in [0.25, 0.3) is 6.08 Å². The Morgan fingerprint density at radius 2 is 1.73 bits per heavy atom. The van der Waals surface area contributed by atoms with Gasteiger partial charge in [0.1, 0.15) is 11.5 Å². The first-order chi connectivity index (χ1) is 15.9. The van der Waals surface area contributed by atoms with E-state index >= 15 is 0 Å². The molecule has 3 aromatic rings. The molecule has 5 N–H and O–H groups in total. The number of amides is 2. The monoisotopic (exact) mass is 444 g/mol. The number of nitrogens with zero attached hydrogens (tertiary/aromatic N) is 1. The zero-order valence-corrected chi connectivity index (χ0v) is 18.3. The molecule has 1 atom stereocenters. The first kappa shape index (κ1) is 21.9. The second-order valence-electron chi connectivity index (χ2n) is 7.71. The van der Waals surface area contributed by atoms with Gasteiger partial charge in [-0.1, -0.05) is 24.3 Å². The van der Waals surface area contributed by atoms with Crippen LogP contribution in [0.2, 0.25) is 0 Å². The number of nitrogens with two attached hydrogens (primary N) is 2. The Balaban J connectivity index is 1.88. The van der Waals surface area contributed by atoms with Gasteiger partial charge >= 0.3 is 0 Å². The molecule has 0 bridgehead atoms. The summed E-state index contributed by atoms with van der Waals surface area (Å²) in [6.45, 7) is 0. The van der Waals surface area contributed by atoms with Crippen LogP contribution in [0.3, 0.4) is 0 Å². The third-order valence-electron chi connectivity index (χ3n) is 5.82. The molecule has 33 heavy (non-hydrogen) atoms. The molecule has 0 spiro atoms. The summed E-state index contributed by atoms with van der Waals surface area (Å²) in [4.78, 5) is 29.5. The number of carbonyl (C=O) groups is 2. The maximum absolute atomic E-state index is 12.8. The Bertz CT molecular complexity index is 1270. The van der Waals surface area contributed by atoms with Gasteiger partial charge in [0.2, 0.25) is 5.91 Å². The van der Waals surface area contributed by atoms with Crippen LogP contribution in [-0.2, 0) is 16.6 Å². The number of ether oxygens (including phenoxy) is 2. The number of hydrogen-bond donors (Lipinski definition) is 3. The van der Waals surface area contributed by atoms with E-state index in [9.17, 15) is 9.59 Å². The molecule has 168 valence electrons. The largest absolute Gasteiger partial charge is 0.497 e. The molecular formula is C25H24N4O4. The minimum absolute atomic E-state index is 0.182. The molecule has 0 aliphatic heterocycles. The van der Waals surface area contributed by atoms with Crippen molar-refractivity contribution < 1.29 is 19.1 Å². The number of aromatic nitrogens is 1. The highest BCUT2D eigenvalue weighted by Crippen LogP contribution is 2.41. The number of hydrogen-bond acceptors (Lipinski definition) is 6. The van der Waals surface area contributed by atoms with Crippen molar-refractivity contribution in [1.29, 1.82) is 0 Å². The summed E-state index contributed by atoms with van der Waals surface area (Å²) >= 11 is 0. The highest BCUT2D eigenvalue weighted by atomic mass is 16.5. The van der Waals surface area contributed by atoms with Crippen LogP contribution in [0.4, 0.5) is 11.4 Å². The van der Waals surface area contributed by atoms with E-state index in [2.05, 4.69) is 10.3 Å².